The van der Waals surface area contributed by atoms with Crippen molar-refractivity contribution in [3.8, 4) is 0 Å². The highest BCUT2D eigenvalue weighted by Crippen LogP contribution is 2.29. The van der Waals surface area contributed by atoms with Gasteiger partial charge in [-0.15, -0.1) is 0 Å². The zero-order chi connectivity index (χ0) is 18.0. The van der Waals surface area contributed by atoms with Crippen LogP contribution in [-0.4, -0.2) is 18.4 Å². The molecule has 2 aromatic carbocycles. The topological polar surface area (TPSA) is 49.4 Å². The zero-order valence-corrected chi connectivity index (χ0v) is 14.5. The van der Waals surface area contributed by atoms with Gasteiger partial charge in [-0.25, -0.2) is 4.39 Å². The molecule has 0 aliphatic carbocycles. The molecule has 4 nitrogen and oxygen atoms in total. The van der Waals surface area contributed by atoms with Crippen LogP contribution in [0.25, 0.3) is 0 Å². The molecule has 0 spiro atoms. The Hall–Kier alpha value is -2.40. The van der Waals surface area contributed by atoms with E-state index in [1.807, 2.05) is 37.3 Å². The fourth-order valence-corrected chi connectivity index (χ4v) is 3.16. The minimum Gasteiger partial charge on any atom is -0.349 e. The molecule has 2 unspecified atom stereocenters. The largest absolute Gasteiger partial charge is 0.349 e. The van der Waals surface area contributed by atoms with E-state index in [0.717, 1.165) is 11.6 Å². The number of benzene rings is 2. The summed E-state index contributed by atoms with van der Waals surface area (Å²) in [6, 6.07) is 13.5. The number of carbonyl (C=O) groups is 2. The molecule has 0 radical (unpaired) electrons. The number of hydrogen-bond acceptors (Lipinski definition) is 2. The molecular formula is C19H18ClFN2O2. The lowest BCUT2D eigenvalue weighted by molar-refractivity contribution is -0.132. The summed E-state index contributed by atoms with van der Waals surface area (Å²) in [4.78, 5) is 26.4. The SMILES string of the molecule is CC(NC(=O)C1CCN(c2ccc(Cl)cc2F)C1=O)c1ccccc1. The predicted octanol–water partition coefficient (Wildman–Crippen LogP) is 3.71. The number of rotatable bonds is 4. The molecule has 0 saturated carbocycles. The highest BCUT2D eigenvalue weighted by Gasteiger charge is 2.38. The number of nitrogens with zero attached hydrogens (tertiary/aromatic N) is 1. The van der Waals surface area contributed by atoms with Crippen LogP contribution in [0.5, 0.6) is 0 Å². The molecule has 6 heteroatoms. The molecule has 1 saturated heterocycles. The van der Waals surface area contributed by atoms with Crippen LogP contribution in [0, 0.1) is 11.7 Å². The van der Waals surface area contributed by atoms with Gasteiger partial charge in [0.05, 0.1) is 11.7 Å². The van der Waals surface area contributed by atoms with Crippen LogP contribution in [-0.2, 0) is 9.59 Å². The number of nitrogens with one attached hydrogen (secondary N) is 1. The molecule has 0 bridgehead atoms. The van der Waals surface area contributed by atoms with Crippen LogP contribution in [0.15, 0.2) is 48.5 Å². The minimum atomic E-state index is -0.804. The average molecular weight is 361 g/mol. The Morgan fingerprint density at radius 1 is 1.28 bits per heavy atom. The predicted molar refractivity (Wildman–Crippen MR) is 94.9 cm³/mol. The maximum absolute atomic E-state index is 14.1. The van der Waals surface area contributed by atoms with Crippen molar-refractivity contribution in [1.29, 1.82) is 0 Å². The van der Waals surface area contributed by atoms with Crippen LogP contribution < -0.4 is 10.2 Å². The highest BCUT2D eigenvalue weighted by atomic mass is 35.5. The van der Waals surface area contributed by atoms with E-state index >= 15 is 0 Å². The second-order valence-electron chi connectivity index (χ2n) is 6.07. The van der Waals surface area contributed by atoms with Crippen molar-refractivity contribution >= 4 is 29.1 Å². The van der Waals surface area contributed by atoms with Gasteiger partial charge in [0.2, 0.25) is 11.8 Å². The van der Waals surface area contributed by atoms with Crippen molar-refractivity contribution in [1.82, 2.24) is 5.32 Å². The molecule has 2 amide bonds. The van der Waals surface area contributed by atoms with Crippen molar-refractivity contribution in [2.24, 2.45) is 5.92 Å². The van der Waals surface area contributed by atoms with Crippen LogP contribution in [0.3, 0.4) is 0 Å². The van der Waals surface area contributed by atoms with Crippen LogP contribution in [0.2, 0.25) is 5.02 Å². The third-order valence-electron chi connectivity index (χ3n) is 4.38. The van der Waals surface area contributed by atoms with Crippen LogP contribution >= 0.6 is 11.6 Å². The Labute approximate surface area is 150 Å². The van der Waals surface area contributed by atoms with Crippen molar-refractivity contribution in [2.75, 3.05) is 11.4 Å². The summed E-state index contributed by atoms with van der Waals surface area (Å²) >= 11 is 5.75. The summed E-state index contributed by atoms with van der Waals surface area (Å²) in [5.74, 6) is -2.10. The zero-order valence-electron chi connectivity index (χ0n) is 13.7. The van der Waals surface area contributed by atoms with E-state index in [4.69, 9.17) is 11.6 Å². The molecular weight excluding hydrogens is 343 g/mol. The third-order valence-corrected chi connectivity index (χ3v) is 4.62. The number of hydrogen-bond donors (Lipinski definition) is 1. The standard InChI is InChI=1S/C19H18ClFN2O2/c1-12(13-5-3-2-4-6-13)22-18(24)15-9-10-23(19(15)25)17-8-7-14(20)11-16(17)21/h2-8,11-12,15H,9-10H2,1H3,(H,22,24). The third kappa shape index (κ3) is 3.66. The molecule has 3 rings (SSSR count). The Morgan fingerprint density at radius 2 is 2.00 bits per heavy atom. The summed E-state index contributed by atoms with van der Waals surface area (Å²) in [5, 5.41) is 3.13. The number of amides is 2. The van der Waals surface area contributed by atoms with Crippen LogP contribution in [0.4, 0.5) is 10.1 Å². The summed E-state index contributed by atoms with van der Waals surface area (Å²) in [7, 11) is 0. The quantitative estimate of drug-likeness (QED) is 0.845. The normalized spacial score (nSPS) is 18.3. The van der Waals surface area contributed by atoms with Crippen LogP contribution in [0.1, 0.15) is 24.9 Å². The molecule has 25 heavy (non-hydrogen) atoms. The van der Waals surface area contributed by atoms with E-state index in [2.05, 4.69) is 5.32 Å². The summed E-state index contributed by atoms with van der Waals surface area (Å²) in [5.41, 5.74) is 1.11. The van der Waals surface area contributed by atoms with E-state index in [1.54, 1.807) is 0 Å². The summed E-state index contributed by atoms with van der Waals surface area (Å²) in [6.07, 6.45) is 0.355. The summed E-state index contributed by atoms with van der Waals surface area (Å²) in [6.45, 7) is 2.17. The number of anilines is 1. The van der Waals surface area contributed by atoms with Gasteiger partial charge in [0.15, 0.2) is 0 Å². The second-order valence-corrected chi connectivity index (χ2v) is 6.50. The van der Waals surface area contributed by atoms with Gasteiger partial charge < -0.3 is 10.2 Å². The Balaban J connectivity index is 1.70. The molecule has 1 aliphatic heterocycles. The minimum absolute atomic E-state index is 0.154. The van der Waals surface area contributed by atoms with E-state index in [0.29, 0.717) is 13.0 Å². The Bertz CT molecular complexity index is 797. The first-order chi connectivity index (χ1) is 12.0. The van der Waals surface area contributed by atoms with Crippen molar-refractivity contribution in [2.45, 2.75) is 19.4 Å². The van der Waals surface area contributed by atoms with Gasteiger partial charge in [-0.2, -0.15) is 0 Å². The van der Waals surface area contributed by atoms with Crippen molar-refractivity contribution < 1.29 is 14.0 Å². The molecule has 1 fully saturated rings. The molecule has 1 N–H and O–H groups in total. The maximum atomic E-state index is 14.1. The van der Waals surface area contributed by atoms with Gasteiger partial charge in [-0.1, -0.05) is 41.9 Å². The van der Waals surface area contributed by atoms with Gasteiger partial charge in [0.1, 0.15) is 11.7 Å². The maximum Gasteiger partial charge on any atom is 0.239 e. The summed E-state index contributed by atoms with van der Waals surface area (Å²) < 4.78 is 14.1. The lowest BCUT2D eigenvalue weighted by Gasteiger charge is -2.19. The molecule has 2 atom stereocenters. The Kier molecular flexibility index (Phi) is 5.04. The van der Waals surface area contributed by atoms with Gasteiger partial charge >= 0.3 is 0 Å². The van der Waals surface area contributed by atoms with Crippen molar-refractivity contribution in [3.05, 3.63) is 64.9 Å². The first kappa shape index (κ1) is 17.4. The monoisotopic (exact) mass is 360 g/mol. The first-order valence-electron chi connectivity index (χ1n) is 8.09. The Morgan fingerprint density at radius 3 is 2.68 bits per heavy atom. The first-order valence-corrected chi connectivity index (χ1v) is 8.47. The van der Waals surface area contributed by atoms with E-state index in [-0.39, 0.29) is 28.6 Å². The highest BCUT2D eigenvalue weighted by molar-refractivity contribution is 6.30. The van der Waals surface area contributed by atoms with Crippen molar-refractivity contribution in [3.63, 3.8) is 0 Å². The van der Waals surface area contributed by atoms with Gasteiger partial charge in [-0.3, -0.25) is 9.59 Å². The molecule has 2 aromatic rings. The lowest BCUT2D eigenvalue weighted by Crippen LogP contribution is -2.38. The average Bonchev–Trinajstić information content (AvgIpc) is 2.97. The van der Waals surface area contributed by atoms with Gasteiger partial charge in [0.25, 0.3) is 0 Å². The van der Waals surface area contributed by atoms with E-state index in [9.17, 15) is 14.0 Å². The molecule has 130 valence electrons. The molecule has 1 aliphatic rings. The smallest absolute Gasteiger partial charge is 0.239 e. The fraction of sp³-hybridized carbons (Fsp3) is 0.263. The molecule has 0 aromatic heterocycles. The van der Waals surface area contributed by atoms with E-state index in [1.165, 1.54) is 17.0 Å². The molecule has 1 heterocycles. The number of halogens is 2. The van der Waals surface area contributed by atoms with Gasteiger partial charge in [-0.05, 0) is 37.1 Å². The fourth-order valence-electron chi connectivity index (χ4n) is 3.00. The van der Waals surface area contributed by atoms with Gasteiger partial charge in [0, 0.05) is 11.6 Å². The van der Waals surface area contributed by atoms with E-state index < -0.39 is 11.7 Å². The lowest BCUT2D eigenvalue weighted by atomic mass is 10.0. The second kappa shape index (κ2) is 7.23. The number of carbonyl (C=O) groups excluding carboxylic acids is 2.